The van der Waals surface area contributed by atoms with Crippen molar-refractivity contribution in [2.75, 3.05) is 0 Å². The summed E-state index contributed by atoms with van der Waals surface area (Å²) in [7, 11) is 0. The van der Waals surface area contributed by atoms with Gasteiger partial charge in [-0.1, -0.05) is 70.2 Å². The molecular weight excluding hydrogens is 400 g/mol. The molecule has 0 saturated carbocycles. The van der Waals surface area contributed by atoms with Gasteiger partial charge in [-0.15, -0.1) is 0 Å². The van der Waals surface area contributed by atoms with E-state index in [1.54, 1.807) is 0 Å². The normalized spacial score (nSPS) is 15.1. The summed E-state index contributed by atoms with van der Waals surface area (Å²) < 4.78 is 4.92. The third-order valence-electron chi connectivity index (χ3n) is 7.45. The molecule has 0 bridgehead atoms. The van der Waals surface area contributed by atoms with Crippen LogP contribution in [0.4, 0.5) is 0 Å². The van der Waals surface area contributed by atoms with Crippen molar-refractivity contribution in [3.05, 3.63) is 95.7 Å². The standard InChI is InChI=1S/C31H31N2/c1-19(2)23-11-8-12-24(20(3)4)30(23)22-16-17-32-21(5)25-13-9-14-27-26-10-6-7-15-28(26)33(31(25)27)29(32)18-22/h6-21H,1-5H3/q+1/t21-/m1/s1. The Balaban J connectivity index is 1.71. The summed E-state index contributed by atoms with van der Waals surface area (Å²) >= 11 is 0. The van der Waals surface area contributed by atoms with Crippen LogP contribution in [0.2, 0.25) is 0 Å². The van der Waals surface area contributed by atoms with Crippen LogP contribution in [0.15, 0.2) is 79.0 Å². The molecule has 0 spiro atoms. The molecule has 0 N–H and O–H groups in total. The van der Waals surface area contributed by atoms with Crippen molar-refractivity contribution >= 4 is 21.8 Å². The van der Waals surface area contributed by atoms with E-state index in [0.29, 0.717) is 17.9 Å². The highest BCUT2D eigenvalue weighted by molar-refractivity contribution is 6.10. The average Bonchev–Trinajstić information content (AvgIpc) is 3.17. The fourth-order valence-corrected chi connectivity index (χ4v) is 5.82. The average molecular weight is 432 g/mol. The minimum Gasteiger partial charge on any atom is -0.227 e. The molecule has 1 aliphatic heterocycles. The molecule has 1 aliphatic rings. The zero-order valence-electron chi connectivity index (χ0n) is 20.1. The molecule has 0 fully saturated rings. The Morgan fingerprint density at radius 1 is 0.758 bits per heavy atom. The van der Waals surface area contributed by atoms with Gasteiger partial charge in [-0.3, -0.25) is 0 Å². The van der Waals surface area contributed by atoms with Gasteiger partial charge in [0, 0.05) is 22.4 Å². The summed E-state index contributed by atoms with van der Waals surface area (Å²) in [6, 6.07) is 27.5. The second-order valence-corrected chi connectivity index (χ2v) is 10.1. The van der Waals surface area contributed by atoms with Crippen LogP contribution in [0.5, 0.6) is 0 Å². The van der Waals surface area contributed by atoms with Gasteiger partial charge in [0.15, 0.2) is 0 Å². The van der Waals surface area contributed by atoms with Gasteiger partial charge in [0.05, 0.1) is 6.20 Å². The van der Waals surface area contributed by atoms with E-state index in [4.69, 9.17) is 0 Å². The summed E-state index contributed by atoms with van der Waals surface area (Å²) in [5, 5.41) is 2.67. The maximum atomic E-state index is 2.48. The summed E-state index contributed by atoms with van der Waals surface area (Å²) in [6.07, 6.45) is 2.30. The molecule has 2 aromatic heterocycles. The van der Waals surface area contributed by atoms with Crippen LogP contribution in [-0.2, 0) is 0 Å². The molecule has 2 heteroatoms. The predicted molar refractivity (Wildman–Crippen MR) is 138 cm³/mol. The number of pyridine rings is 1. The lowest BCUT2D eigenvalue weighted by Crippen LogP contribution is -2.45. The lowest BCUT2D eigenvalue weighted by Gasteiger charge is -2.23. The first-order valence-electron chi connectivity index (χ1n) is 12.2. The van der Waals surface area contributed by atoms with Crippen molar-refractivity contribution in [1.82, 2.24) is 4.57 Å². The molecule has 3 heterocycles. The van der Waals surface area contributed by atoms with Crippen molar-refractivity contribution in [1.29, 1.82) is 0 Å². The zero-order chi connectivity index (χ0) is 22.9. The van der Waals surface area contributed by atoms with Gasteiger partial charge in [-0.25, -0.2) is 4.57 Å². The van der Waals surface area contributed by atoms with E-state index in [0.717, 1.165) is 0 Å². The van der Waals surface area contributed by atoms with E-state index in [-0.39, 0.29) is 0 Å². The van der Waals surface area contributed by atoms with Gasteiger partial charge in [0.1, 0.15) is 17.1 Å². The third kappa shape index (κ3) is 2.83. The van der Waals surface area contributed by atoms with Crippen molar-refractivity contribution < 1.29 is 4.57 Å². The smallest absolute Gasteiger partial charge is 0.227 e. The topological polar surface area (TPSA) is 8.81 Å². The lowest BCUT2D eigenvalue weighted by atomic mass is 9.85. The van der Waals surface area contributed by atoms with E-state index < -0.39 is 0 Å². The number of rotatable bonds is 3. The Morgan fingerprint density at radius 2 is 1.42 bits per heavy atom. The van der Waals surface area contributed by atoms with Crippen LogP contribution in [0, 0.1) is 0 Å². The molecule has 3 aromatic carbocycles. The second-order valence-electron chi connectivity index (χ2n) is 10.1. The van der Waals surface area contributed by atoms with Crippen LogP contribution in [0.3, 0.4) is 0 Å². The molecule has 164 valence electrons. The number of hydrogen-bond donors (Lipinski definition) is 0. The molecule has 0 amide bonds. The number of hydrogen-bond acceptors (Lipinski definition) is 0. The summed E-state index contributed by atoms with van der Waals surface area (Å²) in [4.78, 5) is 0. The van der Waals surface area contributed by atoms with Crippen LogP contribution >= 0.6 is 0 Å². The monoisotopic (exact) mass is 431 g/mol. The van der Waals surface area contributed by atoms with E-state index in [1.165, 1.54) is 55.4 Å². The van der Waals surface area contributed by atoms with Crippen molar-refractivity contribution in [3.8, 4) is 16.9 Å². The van der Waals surface area contributed by atoms with Crippen molar-refractivity contribution in [2.45, 2.75) is 52.5 Å². The lowest BCUT2D eigenvalue weighted by molar-refractivity contribution is -0.705. The summed E-state index contributed by atoms with van der Waals surface area (Å²) in [5.41, 5.74) is 9.59. The molecule has 0 aliphatic carbocycles. The van der Waals surface area contributed by atoms with Gasteiger partial charge < -0.3 is 0 Å². The number of aromatic nitrogens is 2. The van der Waals surface area contributed by atoms with Crippen LogP contribution in [0.25, 0.3) is 38.8 Å². The maximum Gasteiger partial charge on any atom is 0.288 e. The molecule has 5 aromatic rings. The fraction of sp³-hybridized carbons (Fsp3) is 0.258. The van der Waals surface area contributed by atoms with E-state index in [1.807, 2.05) is 0 Å². The first kappa shape index (κ1) is 20.2. The second kappa shape index (κ2) is 7.31. The van der Waals surface area contributed by atoms with E-state index >= 15 is 0 Å². The molecule has 6 rings (SSSR count). The highest BCUT2D eigenvalue weighted by Crippen LogP contribution is 2.41. The minimum absolute atomic E-state index is 0.291. The first-order valence-corrected chi connectivity index (χ1v) is 12.2. The van der Waals surface area contributed by atoms with Crippen LogP contribution in [0.1, 0.15) is 69.2 Å². The van der Waals surface area contributed by atoms with Gasteiger partial charge >= 0.3 is 0 Å². The number of para-hydroxylation sites is 2. The maximum absolute atomic E-state index is 2.48. The molecule has 0 unspecified atom stereocenters. The quantitative estimate of drug-likeness (QED) is 0.257. The molecule has 0 saturated heterocycles. The molecule has 0 radical (unpaired) electrons. The summed E-state index contributed by atoms with van der Waals surface area (Å²) in [5.74, 6) is 2.19. The number of benzene rings is 3. The summed E-state index contributed by atoms with van der Waals surface area (Å²) in [6.45, 7) is 11.5. The Hall–Kier alpha value is -3.39. The molecular formula is C31H31N2+. The van der Waals surface area contributed by atoms with Gasteiger partial charge in [-0.2, -0.15) is 4.57 Å². The Kier molecular flexibility index (Phi) is 4.48. The van der Waals surface area contributed by atoms with Crippen molar-refractivity contribution in [2.24, 2.45) is 0 Å². The highest BCUT2D eigenvalue weighted by atomic mass is 15.2. The van der Waals surface area contributed by atoms with Crippen LogP contribution in [-0.4, -0.2) is 4.57 Å². The Labute approximate surface area is 196 Å². The third-order valence-corrected chi connectivity index (χ3v) is 7.45. The van der Waals surface area contributed by atoms with Crippen LogP contribution < -0.4 is 4.57 Å². The van der Waals surface area contributed by atoms with Gasteiger partial charge in [-0.05, 0) is 65.3 Å². The number of nitrogens with zero attached hydrogens (tertiary/aromatic N) is 2. The zero-order valence-corrected chi connectivity index (χ0v) is 20.1. The minimum atomic E-state index is 0.291. The highest BCUT2D eigenvalue weighted by Gasteiger charge is 2.33. The molecule has 2 nitrogen and oxygen atoms in total. The van der Waals surface area contributed by atoms with E-state index in [2.05, 4.69) is 123 Å². The predicted octanol–water partition coefficient (Wildman–Crippen LogP) is 7.91. The Morgan fingerprint density at radius 3 is 2.15 bits per heavy atom. The SMILES string of the molecule is CC(C)c1cccc(C(C)C)c1-c1cc[n+]2c(c1)-n1c3ccccc3c3cccc(c31)[C@H]2C. The Bertz CT molecular complexity index is 1510. The van der Waals surface area contributed by atoms with Gasteiger partial charge in [0.25, 0.3) is 5.82 Å². The fourth-order valence-electron chi connectivity index (χ4n) is 5.82. The van der Waals surface area contributed by atoms with Crippen molar-refractivity contribution in [3.63, 3.8) is 0 Å². The number of fused-ring (bicyclic) bond motifs is 5. The molecule has 33 heavy (non-hydrogen) atoms. The van der Waals surface area contributed by atoms with Gasteiger partial charge in [0.2, 0.25) is 0 Å². The largest absolute Gasteiger partial charge is 0.288 e. The first-order chi connectivity index (χ1) is 16.0. The van der Waals surface area contributed by atoms with E-state index in [9.17, 15) is 0 Å². The molecule has 1 atom stereocenters.